The van der Waals surface area contributed by atoms with E-state index in [4.69, 9.17) is 14.2 Å². The number of methoxy groups -OCH3 is 1. The van der Waals surface area contributed by atoms with E-state index in [1.54, 1.807) is 19.2 Å². The monoisotopic (exact) mass is 447 g/mol. The topological polar surface area (TPSA) is 81.2 Å². The Morgan fingerprint density at radius 2 is 1.73 bits per heavy atom. The third-order valence-corrected chi connectivity index (χ3v) is 4.91. The van der Waals surface area contributed by atoms with Crippen molar-refractivity contribution in [3.8, 4) is 17.2 Å². The Morgan fingerprint density at radius 3 is 2.48 bits per heavy atom. The summed E-state index contributed by atoms with van der Waals surface area (Å²) >= 11 is 0. The van der Waals surface area contributed by atoms with Gasteiger partial charge in [-0.3, -0.25) is 0 Å². The Morgan fingerprint density at radius 1 is 0.939 bits per heavy atom. The van der Waals surface area contributed by atoms with E-state index in [1.807, 2.05) is 48.5 Å². The number of anilines is 1. The van der Waals surface area contributed by atoms with Gasteiger partial charge in [-0.15, -0.1) is 0 Å². The molecule has 0 unspecified atom stereocenters. The number of nitrogens with one attached hydrogen (secondary N) is 2. The lowest BCUT2D eigenvalue weighted by atomic mass is 10.1. The number of benzene rings is 3. The summed E-state index contributed by atoms with van der Waals surface area (Å²) in [4.78, 5) is 12.0. The van der Waals surface area contributed by atoms with Gasteiger partial charge in [0.25, 0.3) is 0 Å². The fraction of sp³-hybridized carbons (Fsp3) is 0.231. The maximum atomic E-state index is 12.0. The number of aryl methyl sites for hydroxylation is 2. The van der Waals surface area contributed by atoms with E-state index in [1.165, 1.54) is 17.3 Å². The first-order chi connectivity index (χ1) is 16.1. The van der Waals surface area contributed by atoms with Crippen LogP contribution in [0.5, 0.6) is 17.2 Å². The number of nitrogens with zero attached hydrogens (tertiary/aromatic N) is 1. The van der Waals surface area contributed by atoms with Crippen molar-refractivity contribution in [2.24, 2.45) is 5.10 Å². The lowest BCUT2D eigenvalue weighted by molar-refractivity contribution is 0.240. The van der Waals surface area contributed by atoms with Gasteiger partial charge in [-0.05, 0) is 61.4 Å². The van der Waals surface area contributed by atoms with Crippen LogP contribution in [0.4, 0.5) is 10.5 Å². The Bertz CT molecular complexity index is 1080. The van der Waals surface area contributed by atoms with Crippen LogP contribution in [-0.4, -0.2) is 32.6 Å². The zero-order chi connectivity index (χ0) is 23.5. The highest BCUT2D eigenvalue weighted by molar-refractivity contribution is 5.91. The second-order valence-electron chi connectivity index (χ2n) is 7.37. The fourth-order valence-electron chi connectivity index (χ4n) is 3.02. The molecule has 33 heavy (non-hydrogen) atoms. The summed E-state index contributed by atoms with van der Waals surface area (Å²) in [5.74, 6) is 1.99. The minimum Gasteiger partial charge on any atom is -0.493 e. The van der Waals surface area contributed by atoms with Gasteiger partial charge >= 0.3 is 6.03 Å². The molecule has 3 aromatic rings. The average molecular weight is 448 g/mol. The molecule has 0 aliphatic heterocycles. The summed E-state index contributed by atoms with van der Waals surface area (Å²) in [5.41, 5.74) is 6.25. The van der Waals surface area contributed by atoms with Crippen molar-refractivity contribution < 1.29 is 19.0 Å². The van der Waals surface area contributed by atoms with Gasteiger partial charge in [0.15, 0.2) is 11.5 Å². The molecule has 0 aliphatic rings. The van der Waals surface area contributed by atoms with Crippen LogP contribution in [0, 0.1) is 13.8 Å². The summed E-state index contributed by atoms with van der Waals surface area (Å²) < 4.78 is 17.2. The summed E-state index contributed by atoms with van der Waals surface area (Å²) in [7, 11) is 1.58. The standard InChI is InChI=1S/C26H29N3O4/c1-19-13-14-23(17-20(19)2)32-15-8-16-33-25-21(9-7-12-24(25)31-3)18-27-29-26(30)28-22-10-5-4-6-11-22/h4-7,9-14,17-18H,8,15-16H2,1-3H3,(H2,28,29,30). The van der Waals surface area contributed by atoms with E-state index >= 15 is 0 Å². The van der Waals surface area contributed by atoms with E-state index in [0.29, 0.717) is 42.4 Å². The Labute approximate surface area is 194 Å². The lowest BCUT2D eigenvalue weighted by Gasteiger charge is -2.13. The number of hydrogen-bond acceptors (Lipinski definition) is 5. The normalized spacial score (nSPS) is 10.6. The van der Waals surface area contributed by atoms with E-state index in [2.05, 4.69) is 35.8 Å². The van der Waals surface area contributed by atoms with Gasteiger partial charge < -0.3 is 19.5 Å². The van der Waals surface area contributed by atoms with E-state index < -0.39 is 6.03 Å². The molecule has 7 heteroatoms. The molecule has 0 spiro atoms. The first-order valence-electron chi connectivity index (χ1n) is 10.7. The number of hydrazone groups is 1. The van der Waals surface area contributed by atoms with Gasteiger partial charge in [0.2, 0.25) is 0 Å². The molecule has 0 bridgehead atoms. The molecule has 7 nitrogen and oxygen atoms in total. The Balaban J connectivity index is 1.52. The number of para-hydroxylation sites is 2. The van der Waals surface area contributed by atoms with Crippen molar-refractivity contribution >= 4 is 17.9 Å². The van der Waals surface area contributed by atoms with Gasteiger partial charge in [-0.2, -0.15) is 5.10 Å². The van der Waals surface area contributed by atoms with Crippen LogP contribution >= 0.6 is 0 Å². The second-order valence-corrected chi connectivity index (χ2v) is 7.37. The van der Waals surface area contributed by atoms with Gasteiger partial charge in [-0.1, -0.05) is 30.3 Å². The first-order valence-corrected chi connectivity index (χ1v) is 10.7. The van der Waals surface area contributed by atoms with E-state index in [9.17, 15) is 4.79 Å². The number of amides is 2. The van der Waals surface area contributed by atoms with Crippen LogP contribution in [0.3, 0.4) is 0 Å². The molecule has 0 radical (unpaired) electrons. The van der Waals surface area contributed by atoms with Crippen LogP contribution in [-0.2, 0) is 0 Å². The van der Waals surface area contributed by atoms with Crippen molar-refractivity contribution in [2.45, 2.75) is 20.3 Å². The smallest absolute Gasteiger partial charge is 0.339 e. The van der Waals surface area contributed by atoms with Gasteiger partial charge in [0.05, 0.1) is 26.5 Å². The van der Waals surface area contributed by atoms with E-state index in [0.717, 1.165) is 5.75 Å². The highest BCUT2D eigenvalue weighted by atomic mass is 16.5. The number of urea groups is 1. The summed E-state index contributed by atoms with van der Waals surface area (Å²) in [6.45, 7) is 5.11. The predicted octanol–water partition coefficient (Wildman–Crippen LogP) is 5.32. The maximum absolute atomic E-state index is 12.0. The molecule has 0 aliphatic carbocycles. The minimum absolute atomic E-state index is 0.438. The van der Waals surface area contributed by atoms with Crippen LogP contribution in [0.2, 0.25) is 0 Å². The lowest BCUT2D eigenvalue weighted by Crippen LogP contribution is -2.24. The maximum Gasteiger partial charge on any atom is 0.339 e. The van der Waals surface area contributed by atoms with Crippen LogP contribution < -0.4 is 25.0 Å². The number of hydrogen-bond donors (Lipinski definition) is 2. The molecule has 0 fully saturated rings. The number of ether oxygens (including phenoxy) is 3. The van der Waals surface area contributed by atoms with Gasteiger partial charge in [0.1, 0.15) is 5.75 Å². The largest absolute Gasteiger partial charge is 0.493 e. The molecule has 0 atom stereocenters. The SMILES string of the molecule is COc1cccc(C=NNC(=O)Nc2ccccc2)c1OCCCOc1ccc(C)c(C)c1. The zero-order valence-corrected chi connectivity index (χ0v) is 19.1. The predicted molar refractivity (Wildman–Crippen MR) is 131 cm³/mol. The Kier molecular flexibility index (Phi) is 8.71. The molecular weight excluding hydrogens is 418 g/mol. The molecule has 172 valence electrons. The van der Waals surface area contributed by atoms with E-state index in [-0.39, 0.29) is 0 Å². The Hall–Kier alpha value is -4.00. The second kappa shape index (κ2) is 12.1. The molecule has 0 aromatic heterocycles. The van der Waals surface area contributed by atoms with Crippen LogP contribution in [0.15, 0.2) is 71.8 Å². The summed E-state index contributed by atoms with van der Waals surface area (Å²) in [6.07, 6.45) is 2.22. The van der Waals surface area contributed by atoms with Crippen molar-refractivity contribution in [3.05, 3.63) is 83.4 Å². The summed E-state index contributed by atoms with van der Waals surface area (Å²) in [6, 6.07) is 20.2. The first kappa shape index (κ1) is 23.7. The van der Waals surface area contributed by atoms with Crippen molar-refractivity contribution in [1.29, 1.82) is 0 Å². The molecule has 3 rings (SSSR count). The van der Waals surface area contributed by atoms with Gasteiger partial charge in [0, 0.05) is 17.7 Å². The van der Waals surface area contributed by atoms with Crippen LogP contribution in [0.1, 0.15) is 23.1 Å². The van der Waals surface area contributed by atoms with Gasteiger partial charge in [-0.25, -0.2) is 10.2 Å². The minimum atomic E-state index is -0.439. The highest BCUT2D eigenvalue weighted by Crippen LogP contribution is 2.30. The number of carbonyl (C=O) groups excluding carboxylic acids is 1. The zero-order valence-electron chi connectivity index (χ0n) is 19.1. The van der Waals surface area contributed by atoms with Crippen molar-refractivity contribution in [3.63, 3.8) is 0 Å². The molecule has 2 amide bonds. The number of carbonyl (C=O) groups is 1. The molecular formula is C26H29N3O4. The molecule has 3 aromatic carbocycles. The summed E-state index contributed by atoms with van der Waals surface area (Å²) in [5, 5.41) is 6.73. The quantitative estimate of drug-likeness (QED) is 0.251. The average Bonchev–Trinajstić information content (AvgIpc) is 2.82. The van der Waals surface area contributed by atoms with Crippen molar-refractivity contribution in [2.75, 3.05) is 25.6 Å². The highest BCUT2D eigenvalue weighted by Gasteiger charge is 2.10. The third kappa shape index (κ3) is 7.28. The molecule has 0 heterocycles. The third-order valence-electron chi connectivity index (χ3n) is 4.91. The fourth-order valence-corrected chi connectivity index (χ4v) is 3.02. The van der Waals surface area contributed by atoms with Crippen LogP contribution in [0.25, 0.3) is 0 Å². The number of rotatable bonds is 10. The molecule has 0 saturated carbocycles. The molecule has 0 saturated heterocycles. The van der Waals surface area contributed by atoms with Crippen molar-refractivity contribution in [1.82, 2.24) is 5.43 Å². The molecule has 2 N–H and O–H groups in total.